The van der Waals surface area contributed by atoms with Gasteiger partial charge in [-0.25, -0.2) is 0 Å². The maximum Gasteiger partial charge on any atom is 0.0638 e. The fraction of sp³-hybridized carbons (Fsp3) is 1.00. The predicted octanol–water partition coefficient (Wildman–Crippen LogP) is 1.54. The zero-order valence-electron chi connectivity index (χ0n) is 7.76. The molecule has 0 radical (unpaired) electrons. The van der Waals surface area contributed by atoms with E-state index < -0.39 is 0 Å². The molecule has 2 heteroatoms. The van der Waals surface area contributed by atoms with Crippen molar-refractivity contribution in [3.8, 4) is 0 Å². The average Bonchev–Trinajstić information content (AvgIpc) is 1.86. The highest BCUT2D eigenvalue weighted by Gasteiger charge is 2.29. The molecule has 1 rings (SSSR count). The van der Waals surface area contributed by atoms with Crippen LogP contribution in [0, 0.1) is 5.41 Å². The molecule has 0 amide bonds. The molecule has 0 spiro atoms. The minimum absolute atomic E-state index is 0.248. The quantitative estimate of drug-likeness (QED) is 0.579. The number of ether oxygens (including phenoxy) is 1. The Bertz CT molecular complexity index is 128. The normalized spacial score (nSPS) is 33.8. The van der Waals surface area contributed by atoms with Crippen molar-refractivity contribution in [1.29, 1.82) is 0 Å². The minimum atomic E-state index is 0.248. The summed E-state index contributed by atoms with van der Waals surface area (Å²) in [5.74, 6) is 0. The van der Waals surface area contributed by atoms with Gasteiger partial charge in [0.15, 0.2) is 0 Å². The van der Waals surface area contributed by atoms with E-state index in [0.29, 0.717) is 12.1 Å². The molecule has 1 aliphatic heterocycles. The molecule has 0 bridgehead atoms. The Hall–Kier alpha value is -0.0800. The first-order valence-electron chi connectivity index (χ1n) is 4.37. The second-order valence-electron chi connectivity index (χ2n) is 4.51. The van der Waals surface area contributed by atoms with Gasteiger partial charge < -0.3 is 10.5 Å². The maximum absolute atomic E-state index is 5.84. The number of rotatable bonds is 0. The fourth-order valence-corrected chi connectivity index (χ4v) is 1.43. The third-order valence-corrected chi connectivity index (χ3v) is 2.29. The van der Waals surface area contributed by atoms with Gasteiger partial charge >= 0.3 is 0 Å². The Morgan fingerprint density at radius 3 is 2.36 bits per heavy atom. The van der Waals surface area contributed by atoms with Crippen LogP contribution in [0.4, 0.5) is 0 Å². The minimum Gasteiger partial charge on any atom is -0.378 e. The third kappa shape index (κ3) is 2.46. The molecule has 0 aromatic carbocycles. The maximum atomic E-state index is 5.84. The van der Waals surface area contributed by atoms with Crippen molar-refractivity contribution in [3.63, 3.8) is 0 Å². The molecule has 11 heavy (non-hydrogen) atoms. The molecule has 0 aromatic heterocycles. The van der Waals surface area contributed by atoms with Crippen LogP contribution in [-0.4, -0.2) is 18.8 Å². The van der Waals surface area contributed by atoms with Crippen molar-refractivity contribution in [3.05, 3.63) is 0 Å². The lowest BCUT2D eigenvalue weighted by atomic mass is 9.83. The summed E-state index contributed by atoms with van der Waals surface area (Å²) >= 11 is 0. The van der Waals surface area contributed by atoms with Gasteiger partial charge in [0, 0.05) is 12.6 Å². The second-order valence-corrected chi connectivity index (χ2v) is 4.51. The summed E-state index contributed by atoms with van der Waals surface area (Å²) in [5.41, 5.74) is 6.09. The molecule has 1 heterocycles. The topological polar surface area (TPSA) is 35.2 Å². The predicted molar refractivity (Wildman–Crippen MR) is 46.4 cm³/mol. The van der Waals surface area contributed by atoms with Gasteiger partial charge in [0.05, 0.1) is 6.10 Å². The van der Waals surface area contributed by atoms with E-state index in [2.05, 4.69) is 20.8 Å². The first-order valence-corrected chi connectivity index (χ1v) is 4.37. The molecule has 2 atom stereocenters. The lowest BCUT2D eigenvalue weighted by Crippen LogP contribution is -2.41. The smallest absolute Gasteiger partial charge is 0.0638 e. The number of hydrogen-bond donors (Lipinski definition) is 1. The largest absolute Gasteiger partial charge is 0.378 e. The van der Waals surface area contributed by atoms with E-state index in [0.717, 1.165) is 19.4 Å². The van der Waals surface area contributed by atoms with E-state index in [9.17, 15) is 0 Å². The van der Waals surface area contributed by atoms with Gasteiger partial charge in [0.1, 0.15) is 0 Å². The van der Waals surface area contributed by atoms with Gasteiger partial charge in [-0.3, -0.25) is 0 Å². The van der Waals surface area contributed by atoms with Crippen LogP contribution in [0.3, 0.4) is 0 Å². The van der Waals surface area contributed by atoms with Crippen molar-refractivity contribution in [2.24, 2.45) is 11.1 Å². The summed E-state index contributed by atoms with van der Waals surface area (Å²) in [4.78, 5) is 0. The van der Waals surface area contributed by atoms with Gasteiger partial charge in [0.25, 0.3) is 0 Å². The fourth-order valence-electron chi connectivity index (χ4n) is 1.43. The summed E-state index contributed by atoms with van der Waals surface area (Å²) in [7, 11) is 0. The Kier molecular flexibility index (Phi) is 2.55. The zero-order chi connectivity index (χ0) is 8.48. The van der Waals surface area contributed by atoms with Crippen molar-refractivity contribution >= 4 is 0 Å². The van der Waals surface area contributed by atoms with Gasteiger partial charge in [-0.1, -0.05) is 20.8 Å². The lowest BCUT2D eigenvalue weighted by Gasteiger charge is -2.36. The van der Waals surface area contributed by atoms with E-state index in [1.165, 1.54) is 0 Å². The summed E-state index contributed by atoms with van der Waals surface area (Å²) in [6.07, 6.45) is 2.39. The van der Waals surface area contributed by atoms with Crippen molar-refractivity contribution < 1.29 is 4.74 Å². The Balaban J connectivity index is 2.46. The van der Waals surface area contributed by atoms with Gasteiger partial charge in [-0.05, 0) is 18.3 Å². The molecule has 0 unspecified atom stereocenters. The van der Waals surface area contributed by atoms with Gasteiger partial charge in [-0.15, -0.1) is 0 Å². The molecule has 1 fully saturated rings. The molecule has 66 valence electrons. The highest BCUT2D eigenvalue weighted by Crippen LogP contribution is 2.28. The highest BCUT2D eigenvalue weighted by molar-refractivity contribution is 4.82. The second kappa shape index (κ2) is 3.11. The van der Waals surface area contributed by atoms with Crippen LogP contribution in [0.1, 0.15) is 33.6 Å². The van der Waals surface area contributed by atoms with E-state index in [1.807, 2.05) is 0 Å². The molecule has 1 saturated heterocycles. The molecular formula is C9H19NO. The average molecular weight is 157 g/mol. The van der Waals surface area contributed by atoms with Crippen LogP contribution >= 0.6 is 0 Å². The molecule has 2 N–H and O–H groups in total. The number of nitrogens with two attached hydrogens (primary N) is 1. The van der Waals surface area contributed by atoms with Crippen LogP contribution in [0.15, 0.2) is 0 Å². The number of hydrogen-bond acceptors (Lipinski definition) is 2. The van der Waals surface area contributed by atoms with Gasteiger partial charge in [-0.2, -0.15) is 0 Å². The summed E-state index contributed by atoms with van der Waals surface area (Å²) in [6.45, 7) is 7.45. The molecule has 0 aromatic rings. The molecule has 1 aliphatic rings. The van der Waals surface area contributed by atoms with E-state index in [4.69, 9.17) is 10.5 Å². The van der Waals surface area contributed by atoms with Crippen molar-refractivity contribution in [2.75, 3.05) is 6.61 Å². The Morgan fingerprint density at radius 2 is 2.00 bits per heavy atom. The van der Waals surface area contributed by atoms with Crippen LogP contribution in [0.25, 0.3) is 0 Å². The first kappa shape index (κ1) is 9.01. The first-order chi connectivity index (χ1) is 5.00. The molecular weight excluding hydrogens is 138 g/mol. The summed E-state index contributed by atoms with van der Waals surface area (Å²) in [6, 6.07) is 0.355. The highest BCUT2D eigenvalue weighted by atomic mass is 16.5. The van der Waals surface area contributed by atoms with Gasteiger partial charge in [0.2, 0.25) is 0 Å². The lowest BCUT2D eigenvalue weighted by molar-refractivity contribution is -0.0535. The zero-order valence-corrected chi connectivity index (χ0v) is 7.76. The molecule has 2 nitrogen and oxygen atoms in total. The SMILES string of the molecule is CC(C)(C)[C@H]1C[C@H](N)CCO1. The van der Waals surface area contributed by atoms with Crippen LogP contribution in [0.5, 0.6) is 0 Å². The van der Waals surface area contributed by atoms with Crippen LogP contribution in [0.2, 0.25) is 0 Å². The molecule has 0 aliphatic carbocycles. The van der Waals surface area contributed by atoms with Crippen molar-refractivity contribution in [2.45, 2.75) is 45.8 Å². The van der Waals surface area contributed by atoms with E-state index >= 15 is 0 Å². The summed E-state index contributed by atoms with van der Waals surface area (Å²) < 4.78 is 5.63. The van der Waals surface area contributed by atoms with E-state index in [1.54, 1.807) is 0 Å². The van der Waals surface area contributed by atoms with Crippen molar-refractivity contribution in [1.82, 2.24) is 0 Å². The summed E-state index contributed by atoms with van der Waals surface area (Å²) in [5, 5.41) is 0. The molecule has 0 saturated carbocycles. The monoisotopic (exact) mass is 157 g/mol. The van der Waals surface area contributed by atoms with Crippen LogP contribution in [-0.2, 0) is 4.74 Å². The van der Waals surface area contributed by atoms with E-state index in [-0.39, 0.29) is 5.41 Å². The Morgan fingerprint density at radius 1 is 1.36 bits per heavy atom. The standard InChI is InChI=1S/C9H19NO/c1-9(2,3)8-6-7(10)4-5-11-8/h7-8H,4-6,10H2,1-3H3/t7-,8-/m1/s1. The Labute approximate surface area is 69.1 Å². The van der Waals surface area contributed by atoms with Crippen LogP contribution < -0.4 is 5.73 Å². The third-order valence-electron chi connectivity index (χ3n) is 2.29.